The molecule has 1 N–H and O–H groups in total. The van der Waals surface area contributed by atoms with Crippen LogP contribution in [0.5, 0.6) is 0 Å². The highest BCUT2D eigenvalue weighted by Gasteiger charge is 2.75. The molecule has 43 heavy (non-hydrogen) atoms. The zero-order chi connectivity index (χ0) is 30.9. The van der Waals surface area contributed by atoms with E-state index in [-0.39, 0.29) is 37.5 Å². The van der Waals surface area contributed by atoms with Gasteiger partial charge in [0.1, 0.15) is 17.6 Å². The number of carbonyl (C=O) groups is 3. The normalized spacial score (nSPS) is 32.8. The van der Waals surface area contributed by atoms with Crippen molar-refractivity contribution < 1.29 is 29.0 Å². The highest BCUT2D eigenvalue weighted by molar-refractivity contribution is 6.05. The third kappa shape index (κ3) is 5.18. The maximum atomic E-state index is 14.8. The van der Waals surface area contributed by atoms with Crippen LogP contribution in [0.15, 0.2) is 48.6 Å². The molecule has 0 aromatic heterocycles. The molecule has 0 aliphatic carbocycles. The SMILES string of the molecule is CC[C@H](C)[C@H](CO)N1C(=O)[C@@H]2[C@@H]3C(=O)OCCCC/C=C\[C@]3(C)O[C@@]23C=CCN(c2ccc(N(CC)CC)cc2)C(=O)C13. The quantitative estimate of drug-likeness (QED) is 0.358. The van der Waals surface area contributed by atoms with Crippen molar-refractivity contribution in [3.63, 3.8) is 0 Å². The number of likely N-dealkylation sites (tertiary alicyclic amines) is 1. The Balaban J connectivity index is 1.63. The summed E-state index contributed by atoms with van der Waals surface area (Å²) in [7, 11) is 0. The van der Waals surface area contributed by atoms with Crippen molar-refractivity contribution in [2.45, 2.75) is 83.6 Å². The van der Waals surface area contributed by atoms with Crippen LogP contribution in [0, 0.1) is 17.8 Å². The molecule has 0 saturated carbocycles. The molecule has 7 atom stereocenters. The van der Waals surface area contributed by atoms with E-state index in [0.717, 1.165) is 38.0 Å². The van der Waals surface area contributed by atoms with Crippen molar-refractivity contribution in [3.05, 3.63) is 48.6 Å². The van der Waals surface area contributed by atoms with E-state index in [4.69, 9.17) is 9.47 Å². The lowest BCUT2D eigenvalue weighted by atomic mass is 9.74. The number of hydrogen-bond donors (Lipinski definition) is 1. The zero-order valence-electron chi connectivity index (χ0n) is 26.2. The van der Waals surface area contributed by atoms with Crippen molar-refractivity contribution in [1.29, 1.82) is 0 Å². The van der Waals surface area contributed by atoms with Gasteiger partial charge in [-0.25, -0.2) is 0 Å². The van der Waals surface area contributed by atoms with Gasteiger partial charge in [0.15, 0.2) is 0 Å². The van der Waals surface area contributed by atoms with Crippen LogP contribution in [0.2, 0.25) is 0 Å². The summed E-state index contributed by atoms with van der Waals surface area (Å²) in [4.78, 5) is 48.6. The predicted octanol–water partition coefficient (Wildman–Crippen LogP) is 4.10. The van der Waals surface area contributed by atoms with E-state index in [1.54, 1.807) is 9.80 Å². The minimum Gasteiger partial charge on any atom is -0.465 e. The largest absolute Gasteiger partial charge is 0.465 e. The maximum Gasteiger partial charge on any atom is 0.313 e. The van der Waals surface area contributed by atoms with Gasteiger partial charge in [-0.1, -0.05) is 44.6 Å². The number of cyclic esters (lactones) is 1. The summed E-state index contributed by atoms with van der Waals surface area (Å²) in [5, 5.41) is 10.6. The van der Waals surface area contributed by atoms with Gasteiger partial charge in [0.25, 0.3) is 5.91 Å². The third-order valence-electron chi connectivity index (χ3n) is 10.1. The minimum absolute atomic E-state index is 0.0889. The van der Waals surface area contributed by atoms with Crippen LogP contribution in [0.25, 0.3) is 0 Å². The van der Waals surface area contributed by atoms with Crippen LogP contribution in [-0.2, 0) is 23.9 Å². The van der Waals surface area contributed by atoms with Gasteiger partial charge in [-0.3, -0.25) is 14.4 Å². The first-order valence-electron chi connectivity index (χ1n) is 16.0. The smallest absolute Gasteiger partial charge is 0.313 e. The molecule has 2 fully saturated rings. The van der Waals surface area contributed by atoms with Crippen LogP contribution in [0.3, 0.4) is 0 Å². The summed E-state index contributed by atoms with van der Waals surface area (Å²) in [6, 6.07) is 6.22. The Hall–Kier alpha value is -3.17. The molecule has 4 aliphatic heterocycles. The third-order valence-corrected chi connectivity index (χ3v) is 10.1. The highest BCUT2D eigenvalue weighted by Crippen LogP contribution is 2.58. The second kappa shape index (κ2) is 12.4. The fourth-order valence-corrected chi connectivity index (χ4v) is 7.57. The number of allylic oxidation sites excluding steroid dienone is 1. The number of amides is 2. The number of anilines is 2. The van der Waals surface area contributed by atoms with Gasteiger partial charge < -0.3 is 29.3 Å². The van der Waals surface area contributed by atoms with Gasteiger partial charge in [-0.2, -0.15) is 0 Å². The number of aliphatic hydroxyl groups is 1. The molecule has 9 nitrogen and oxygen atoms in total. The summed E-state index contributed by atoms with van der Waals surface area (Å²) < 4.78 is 12.6. The van der Waals surface area contributed by atoms with Crippen molar-refractivity contribution in [1.82, 2.24) is 4.90 Å². The highest BCUT2D eigenvalue weighted by atomic mass is 16.6. The van der Waals surface area contributed by atoms with Crippen LogP contribution in [0.4, 0.5) is 11.4 Å². The zero-order valence-corrected chi connectivity index (χ0v) is 26.2. The summed E-state index contributed by atoms with van der Waals surface area (Å²) >= 11 is 0. The molecule has 0 bridgehead atoms. The average molecular weight is 594 g/mol. The molecule has 4 heterocycles. The van der Waals surface area contributed by atoms with Crippen LogP contribution >= 0.6 is 0 Å². The number of esters is 1. The van der Waals surface area contributed by atoms with Gasteiger partial charge in [-0.15, -0.1) is 0 Å². The van der Waals surface area contributed by atoms with Gasteiger partial charge in [-0.05, 0) is 70.2 Å². The molecule has 1 spiro atoms. The lowest BCUT2D eigenvalue weighted by Crippen LogP contribution is -2.60. The fraction of sp³-hybridized carbons (Fsp3) is 0.618. The summed E-state index contributed by atoms with van der Waals surface area (Å²) in [5.41, 5.74) is -0.764. The van der Waals surface area contributed by atoms with Gasteiger partial charge >= 0.3 is 5.97 Å². The van der Waals surface area contributed by atoms with Gasteiger partial charge in [0.05, 0.1) is 30.8 Å². The lowest BCUT2D eigenvalue weighted by molar-refractivity contribution is -0.160. The number of nitrogens with zero attached hydrogens (tertiary/aromatic N) is 3. The Kier molecular flexibility index (Phi) is 9.05. The van der Waals surface area contributed by atoms with Gasteiger partial charge in [0, 0.05) is 31.0 Å². The number of rotatable bonds is 8. The Morgan fingerprint density at radius 2 is 1.72 bits per heavy atom. The second-order valence-electron chi connectivity index (χ2n) is 12.5. The monoisotopic (exact) mass is 593 g/mol. The summed E-state index contributed by atoms with van der Waals surface area (Å²) in [5.74, 6) is -3.12. The maximum absolute atomic E-state index is 14.8. The number of benzene rings is 1. The van der Waals surface area contributed by atoms with E-state index in [2.05, 4.69) is 18.7 Å². The van der Waals surface area contributed by atoms with Crippen LogP contribution in [0.1, 0.15) is 60.3 Å². The molecular weight excluding hydrogens is 546 g/mol. The number of ether oxygens (including phenoxy) is 2. The molecule has 9 heteroatoms. The average Bonchev–Trinajstić information content (AvgIpc) is 3.33. The molecule has 1 aromatic carbocycles. The number of fused-ring (bicyclic) bond motifs is 2. The second-order valence-corrected chi connectivity index (χ2v) is 12.5. The van der Waals surface area contributed by atoms with E-state index in [9.17, 15) is 19.5 Å². The summed E-state index contributed by atoms with van der Waals surface area (Å²) in [6.45, 7) is 12.0. The molecule has 234 valence electrons. The van der Waals surface area contributed by atoms with E-state index >= 15 is 0 Å². The number of carbonyl (C=O) groups excluding carboxylic acids is 3. The first-order valence-corrected chi connectivity index (χ1v) is 16.0. The minimum atomic E-state index is -1.40. The molecular formula is C34H47N3O6. The molecule has 1 unspecified atom stereocenters. The molecule has 2 saturated heterocycles. The Bertz CT molecular complexity index is 1260. The Morgan fingerprint density at radius 3 is 2.37 bits per heavy atom. The number of hydrogen-bond acceptors (Lipinski definition) is 7. The van der Waals surface area contributed by atoms with Crippen LogP contribution < -0.4 is 9.80 Å². The fourth-order valence-electron chi connectivity index (χ4n) is 7.57. The lowest BCUT2D eigenvalue weighted by Gasteiger charge is -2.41. The molecule has 0 radical (unpaired) electrons. The van der Waals surface area contributed by atoms with Crippen molar-refractivity contribution in [2.24, 2.45) is 17.8 Å². The molecule has 4 aliphatic rings. The Labute approximate surface area is 255 Å². The van der Waals surface area contributed by atoms with Crippen molar-refractivity contribution >= 4 is 29.2 Å². The molecule has 1 aromatic rings. The van der Waals surface area contributed by atoms with E-state index < -0.39 is 41.1 Å². The standard InChI is InChI=1S/C34H47N3O6/c1-6-23(4)26(22-38)37-29-31(40)36(25-16-14-24(15-17-25)35(7-2)8-3)20-13-19-34(29)27(30(37)39)28-32(41)42-21-12-10-9-11-18-33(28,5)43-34/h11,13-19,23,26-29,38H,6-10,12,20-22H2,1-5H3/b18-11-/t23-,26-,27-,28+,29?,33-,34-/m0/s1. The molecule has 5 rings (SSSR count). The van der Waals surface area contributed by atoms with E-state index in [1.165, 1.54) is 0 Å². The number of aliphatic hydroxyl groups excluding tert-OH is 1. The van der Waals surface area contributed by atoms with E-state index in [0.29, 0.717) is 12.1 Å². The molecule has 2 amide bonds. The summed E-state index contributed by atoms with van der Waals surface area (Å²) in [6.07, 6.45) is 10.7. The van der Waals surface area contributed by atoms with Crippen molar-refractivity contribution in [3.8, 4) is 0 Å². The Morgan fingerprint density at radius 1 is 1.00 bits per heavy atom. The topological polar surface area (TPSA) is 99.6 Å². The van der Waals surface area contributed by atoms with Gasteiger partial charge in [0.2, 0.25) is 5.91 Å². The van der Waals surface area contributed by atoms with Crippen molar-refractivity contribution in [2.75, 3.05) is 42.6 Å². The van der Waals surface area contributed by atoms with Crippen LogP contribution in [-0.4, -0.2) is 83.9 Å². The van der Waals surface area contributed by atoms with E-state index in [1.807, 2.05) is 69.3 Å². The first-order chi connectivity index (χ1) is 20.7. The first kappa shape index (κ1) is 31.3. The predicted molar refractivity (Wildman–Crippen MR) is 166 cm³/mol.